The minimum absolute atomic E-state index is 0.0846. The molecule has 3 nitrogen and oxygen atoms in total. The number of rotatable bonds is 4. The number of nitrogens with zero attached hydrogens (tertiary/aromatic N) is 1. The molecule has 2 aliphatic rings. The van der Waals surface area contributed by atoms with Gasteiger partial charge < -0.3 is 15.3 Å². The van der Waals surface area contributed by atoms with Crippen molar-refractivity contribution in [2.75, 3.05) is 26.2 Å². The van der Waals surface area contributed by atoms with Gasteiger partial charge in [-0.3, -0.25) is 0 Å². The van der Waals surface area contributed by atoms with E-state index in [0.717, 1.165) is 32.0 Å². The predicted octanol–water partition coefficient (Wildman–Crippen LogP) is 2.49. The van der Waals surface area contributed by atoms with Crippen LogP contribution in [0.3, 0.4) is 0 Å². The van der Waals surface area contributed by atoms with E-state index in [-0.39, 0.29) is 6.10 Å². The second kappa shape index (κ2) is 6.76. The average molecular weight is 282 g/mol. The van der Waals surface area contributed by atoms with Crippen LogP contribution in [0.25, 0.3) is 0 Å². The third-order valence-electron chi connectivity index (χ3n) is 5.42. The lowest BCUT2D eigenvalue weighted by molar-refractivity contribution is 0.0164. The molecule has 1 saturated heterocycles. The van der Waals surface area contributed by atoms with Gasteiger partial charge in [-0.15, -0.1) is 0 Å². The van der Waals surface area contributed by atoms with Crippen LogP contribution in [0.1, 0.15) is 53.4 Å². The van der Waals surface area contributed by atoms with Crippen molar-refractivity contribution >= 4 is 0 Å². The average Bonchev–Trinajstić information content (AvgIpc) is 2.37. The standard InChI is InChI=1S/C17H34N2O/c1-5-18-15-6-8-17(3,4)10-14(15)12-19-9-7-16(20)13(2)11-19/h13-16,18,20H,5-12H2,1-4H3. The molecule has 4 atom stereocenters. The highest BCUT2D eigenvalue weighted by Gasteiger charge is 2.36. The minimum Gasteiger partial charge on any atom is -0.393 e. The maximum Gasteiger partial charge on any atom is 0.0590 e. The van der Waals surface area contributed by atoms with Crippen LogP contribution >= 0.6 is 0 Å². The fourth-order valence-electron chi connectivity index (χ4n) is 4.18. The maximum atomic E-state index is 9.88. The molecule has 0 spiro atoms. The molecule has 4 unspecified atom stereocenters. The summed E-state index contributed by atoms with van der Waals surface area (Å²) in [5, 5.41) is 13.6. The van der Waals surface area contributed by atoms with Gasteiger partial charge in [0.1, 0.15) is 0 Å². The fraction of sp³-hybridized carbons (Fsp3) is 1.00. The first-order valence-electron chi connectivity index (χ1n) is 8.55. The SMILES string of the molecule is CCNC1CCC(C)(C)CC1CN1CCC(O)C(C)C1. The van der Waals surface area contributed by atoms with Crippen molar-refractivity contribution in [1.82, 2.24) is 10.2 Å². The van der Waals surface area contributed by atoms with Gasteiger partial charge in [0, 0.05) is 25.7 Å². The lowest BCUT2D eigenvalue weighted by atomic mass is 9.69. The van der Waals surface area contributed by atoms with Gasteiger partial charge in [0.2, 0.25) is 0 Å². The molecule has 2 rings (SSSR count). The largest absolute Gasteiger partial charge is 0.393 e. The Balaban J connectivity index is 1.93. The predicted molar refractivity (Wildman–Crippen MR) is 84.8 cm³/mol. The molecule has 0 aromatic heterocycles. The van der Waals surface area contributed by atoms with Crippen LogP contribution in [0, 0.1) is 17.3 Å². The van der Waals surface area contributed by atoms with E-state index in [0.29, 0.717) is 17.4 Å². The summed E-state index contributed by atoms with van der Waals surface area (Å²) in [6.45, 7) is 13.7. The summed E-state index contributed by atoms with van der Waals surface area (Å²) in [4.78, 5) is 2.59. The normalized spacial score (nSPS) is 38.9. The van der Waals surface area contributed by atoms with Crippen LogP contribution in [0.4, 0.5) is 0 Å². The molecule has 1 saturated carbocycles. The van der Waals surface area contributed by atoms with Gasteiger partial charge >= 0.3 is 0 Å². The molecule has 0 amide bonds. The summed E-state index contributed by atoms with van der Waals surface area (Å²) in [7, 11) is 0. The zero-order chi connectivity index (χ0) is 14.8. The summed E-state index contributed by atoms with van der Waals surface area (Å²) >= 11 is 0. The molecular formula is C17H34N2O. The van der Waals surface area contributed by atoms with E-state index in [9.17, 15) is 5.11 Å². The van der Waals surface area contributed by atoms with Gasteiger partial charge in [-0.05, 0) is 49.5 Å². The molecule has 20 heavy (non-hydrogen) atoms. The summed E-state index contributed by atoms with van der Waals surface area (Å²) in [5.74, 6) is 1.19. The smallest absolute Gasteiger partial charge is 0.0590 e. The highest BCUT2D eigenvalue weighted by Crippen LogP contribution is 2.39. The molecule has 2 N–H and O–H groups in total. The van der Waals surface area contributed by atoms with Crippen LogP contribution in [-0.4, -0.2) is 48.3 Å². The monoisotopic (exact) mass is 282 g/mol. The molecule has 1 aliphatic heterocycles. The lowest BCUT2D eigenvalue weighted by Crippen LogP contribution is -2.50. The quantitative estimate of drug-likeness (QED) is 0.831. The molecule has 1 aliphatic carbocycles. The van der Waals surface area contributed by atoms with Gasteiger partial charge in [0.25, 0.3) is 0 Å². The van der Waals surface area contributed by atoms with Crippen molar-refractivity contribution in [3.63, 3.8) is 0 Å². The third-order valence-corrected chi connectivity index (χ3v) is 5.42. The van der Waals surface area contributed by atoms with Crippen LogP contribution in [0.2, 0.25) is 0 Å². The van der Waals surface area contributed by atoms with E-state index in [2.05, 4.69) is 37.9 Å². The van der Waals surface area contributed by atoms with E-state index in [1.807, 2.05) is 0 Å². The number of nitrogens with one attached hydrogen (secondary N) is 1. The van der Waals surface area contributed by atoms with E-state index < -0.39 is 0 Å². The second-order valence-corrected chi connectivity index (χ2v) is 7.92. The van der Waals surface area contributed by atoms with Gasteiger partial charge in [-0.25, -0.2) is 0 Å². The van der Waals surface area contributed by atoms with E-state index in [1.54, 1.807) is 0 Å². The van der Waals surface area contributed by atoms with Crippen molar-refractivity contribution in [1.29, 1.82) is 0 Å². The Morgan fingerprint density at radius 2 is 2.05 bits per heavy atom. The van der Waals surface area contributed by atoms with Crippen LogP contribution in [-0.2, 0) is 0 Å². The molecule has 118 valence electrons. The van der Waals surface area contributed by atoms with Crippen LogP contribution in [0.5, 0.6) is 0 Å². The molecule has 1 heterocycles. The first kappa shape index (κ1) is 16.3. The van der Waals surface area contributed by atoms with E-state index in [4.69, 9.17) is 0 Å². The van der Waals surface area contributed by atoms with Gasteiger partial charge in [0.05, 0.1) is 6.10 Å². The van der Waals surface area contributed by atoms with Crippen molar-refractivity contribution in [3.05, 3.63) is 0 Å². The van der Waals surface area contributed by atoms with Gasteiger partial charge in [0.15, 0.2) is 0 Å². The summed E-state index contributed by atoms with van der Waals surface area (Å²) in [5.41, 5.74) is 0.498. The molecule has 0 aromatic carbocycles. The van der Waals surface area contributed by atoms with E-state index >= 15 is 0 Å². The Bertz CT molecular complexity index is 305. The molecular weight excluding hydrogens is 248 g/mol. The number of hydrogen-bond acceptors (Lipinski definition) is 3. The topological polar surface area (TPSA) is 35.5 Å². The van der Waals surface area contributed by atoms with Crippen molar-refractivity contribution in [2.24, 2.45) is 17.3 Å². The summed E-state index contributed by atoms with van der Waals surface area (Å²) in [6.07, 6.45) is 4.85. The highest BCUT2D eigenvalue weighted by atomic mass is 16.3. The Labute approximate surface area is 125 Å². The number of aliphatic hydroxyl groups is 1. The maximum absolute atomic E-state index is 9.88. The zero-order valence-electron chi connectivity index (χ0n) is 13.9. The van der Waals surface area contributed by atoms with E-state index in [1.165, 1.54) is 25.8 Å². The van der Waals surface area contributed by atoms with Crippen molar-refractivity contribution in [2.45, 2.75) is 65.5 Å². The first-order chi connectivity index (χ1) is 9.41. The Kier molecular flexibility index (Phi) is 5.49. The second-order valence-electron chi connectivity index (χ2n) is 7.92. The summed E-state index contributed by atoms with van der Waals surface area (Å²) < 4.78 is 0. The summed E-state index contributed by atoms with van der Waals surface area (Å²) in [6, 6.07) is 0.690. The minimum atomic E-state index is -0.0846. The van der Waals surface area contributed by atoms with Crippen molar-refractivity contribution in [3.8, 4) is 0 Å². The number of likely N-dealkylation sites (tertiary alicyclic amines) is 1. The van der Waals surface area contributed by atoms with Crippen LogP contribution in [0.15, 0.2) is 0 Å². The van der Waals surface area contributed by atoms with Crippen LogP contribution < -0.4 is 5.32 Å². The Morgan fingerprint density at radius 1 is 1.30 bits per heavy atom. The Morgan fingerprint density at radius 3 is 2.70 bits per heavy atom. The highest BCUT2D eigenvalue weighted by molar-refractivity contribution is 4.91. The van der Waals surface area contributed by atoms with Gasteiger partial charge in [-0.1, -0.05) is 27.7 Å². The molecule has 0 bridgehead atoms. The van der Waals surface area contributed by atoms with Crippen molar-refractivity contribution < 1.29 is 5.11 Å². The Hall–Kier alpha value is -0.120. The molecule has 0 radical (unpaired) electrons. The first-order valence-corrected chi connectivity index (χ1v) is 8.55. The molecule has 2 fully saturated rings. The molecule has 0 aromatic rings. The fourth-order valence-corrected chi connectivity index (χ4v) is 4.18. The number of hydrogen-bond donors (Lipinski definition) is 2. The number of aliphatic hydroxyl groups excluding tert-OH is 1. The lowest BCUT2D eigenvalue weighted by Gasteiger charge is -2.44. The number of piperidine rings is 1. The third kappa shape index (κ3) is 4.19. The van der Waals surface area contributed by atoms with Gasteiger partial charge in [-0.2, -0.15) is 0 Å². The molecule has 3 heteroatoms. The zero-order valence-corrected chi connectivity index (χ0v) is 13.9.